The van der Waals surface area contributed by atoms with Crippen molar-refractivity contribution in [1.82, 2.24) is 4.31 Å². The van der Waals surface area contributed by atoms with Gasteiger partial charge >= 0.3 is 5.97 Å². The third-order valence-corrected chi connectivity index (χ3v) is 4.52. The maximum Gasteiger partial charge on any atom is 0.320 e. The van der Waals surface area contributed by atoms with Gasteiger partial charge in [-0.25, -0.2) is 12.7 Å². The van der Waals surface area contributed by atoms with E-state index in [0.717, 1.165) is 9.87 Å². The third-order valence-electron chi connectivity index (χ3n) is 2.83. The summed E-state index contributed by atoms with van der Waals surface area (Å²) in [5.74, 6) is -1.81. The summed E-state index contributed by atoms with van der Waals surface area (Å²) in [7, 11) is -2.37. The molecule has 0 atom stereocenters. The number of aliphatic carboxylic acids is 1. The van der Waals surface area contributed by atoms with E-state index in [1.54, 1.807) is 0 Å². The fourth-order valence-corrected chi connectivity index (χ4v) is 2.51. The number of carbonyl (C=O) groups is 1. The molecule has 0 spiro atoms. The highest BCUT2D eigenvalue weighted by Crippen LogP contribution is 2.16. The molecule has 0 amide bonds. The molecule has 19 heavy (non-hydrogen) atoms. The van der Waals surface area contributed by atoms with Crippen molar-refractivity contribution in [2.24, 2.45) is 0 Å². The molecule has 0 unspecified atom stereocenters. The molecule has 0 radical (unpaired) electrons. The number of nitrogens with zero attached hydrogens (tertiary/aromatic N) is 1. The minimum atomic E-state index is -3.75. The first-order chi connectivity index (χ1) is 8.72. The van der Waals surface area contributed by atoms with Gasteiger partial charge in [-0.2, -0.15) is 0 Å². The molecule has 0 aliphatic rings. The molecule has 0 aliphatic carbocycles. The van der Waals surface area contributed by atoms with Crippen LogP contribution in [0.2, 0.25) is 0 Å². The van der Waals surface area contributed by atoms with Gasteiger partial charge in [0.15, 0.2) is 5.75 Å². The highest BCUT2D eigenvalue weighted by Gasteiger charge is 2.21. The molecule has 0 fully saturated rings. The Hall–Kier alpha value is -1.40. The van der Waals surface area contributed by atoms with E-state index in [1.165, 1.54) is 12.6 Å². The van der Waals surface area contributed by atoms with Crippen LogP contribution in [-0.2, 0) is 21.4 Å². The zero-order valence-corrected chi connectivity index (χ0v) is 12.1. The van der Waals surface area contributed by atoms with E-state index in [4.69, 9.17) is 5.11 Å². The fraction of sp³-hybridized carbons (Fsp3) is 0.462. The van der Waals surface area contributed by atoms with Crippen LogP contribution in [0.15, 0.2) is 24.3 Å². The Morgan fingerprint density at radius 1 is 1.26 bits per heavy atom. The quantitative estimate of drug-likeness (QED) is 0.862. The van der Waals surface area contributed by atoms with Gasteiger partial charge in [0.1, 0.15) is 0 Å². The zero-order valence-electron chi connectivity index (χ0n) is 11.3. The molecule has 106 valence electrons. The van der Waals surface area contributed by atoms with E-state index in [-0.39, 0.29) is 6.54 Å². The van der Waals surface area contributed by atoms with Crippen LogP contribution >= 0.6 is 0 Å². The first-order valence-corrected chi connectivity index (χ1v) is 7.58. The Morgan fingerprint density at radius 2 is 1.79 bits per heavy atom. The summed E-state index contributed by atoms with van der Waals surface area (Å²) in [6, 6.07) is 7.64. The summed E-state index contributed by atoms with van der Waals surface area (Å²) >= 11 is 0. The van der Waals surface area contributed by atoms with Crippen LogP contribution in [0.3, 0.4) is 0 Å². The fourth-order valence-electron chi connectivity index (χ4n) is 1.63. The van der Waals surface area contributed by atoms with Crippen molar-refractivity contribution in [2.45, 2.75) is 26.3 Å². The van der Waals surface area contributed by atoms with E-state index in [1.807, 2.05) is 24.3 Å². The van der Waals surface area contributed by atoms with Gasteiger partial charge in [0, 0.05) is 13.6 Å². The van der Waals surface area contributed by atoms with Gasteiger partial charge in [-0.15, -0.1) is 0 Å². The SMILES string of the molecule is CC(C)c1ccc(CN(C)S(=O)(=O)CC(=O)O)cc1. The molecular formula is C13H19NO4S. The molecule has 0 aromatic heterocycles. The standard InChI is InChI=1S/C13H19NO4S/c1-10(2)12-6-4-11(5-7-12)8-14(3)19(17,18)9-13(15)16/h4-7,10H,8-9H2,1-3H3,(H,15,16). The highest BCUT2D eigenvalue weighted by molar-refractivity contribution is 7.89. The number of benzene rings is 1. The van der Waals surface area contributed by atoms with Crippen LogP contribution in [0, 0.1) is 0 Å². The largest absolute Gasteiger partial charge is 0.480 e. The van der Waals surface area contributed by atoms with Crippen molar-refractivity contribution in [3.63, 3.8) is 0 Å². The van der Waals surface area contributed by atoms with Crippen LogP contribution in [0.4, 0.5) is 0 Å². The van der Waals surface area contributed by atoms with E-state index in [9.17, 15) is 13.2 Å². The van der Waals surface area contributed by atoms with Crippen LogP contribution in [0.5, 0.6) is 0 Å². The summed E-state index contributed by atoms with van der Waals surface area (Å²) < 4.78 is 24.4. The van der Waals surface area contributed by atoms with Crippen molar-refractivity contribution >= 4 is 16.0 Å². The predicted molar refractivity (Wildman–Crippen MR) is 73.4 cm³/mol. The van der Waals surface area contributed by atoms with Crippen molar-refractivity contribution in [3.05, 3.63) is 35.4 Å². The van der Waals surface area contributed by atoms with Gasteiger partial charge < -0.3 is 5.11 Å². The van der Waals surface area contributed by atoms with Crippen LogP contribution in [0.25, 0.3) is 0 Å². The summed E-state index contributed by atoms with van der Waals surface area (Å²) in [4.78, 5) is 10.5. The van der Waals surface area contributed by atoms with Crippen LogP contribution in [-0.4, -0.2) is 36.6 Å². The maximum absolute atomic E-state index is 11.7. The number of sulfonamides is 1. The number of carboxylic acids is 1. The molecule has 0 saturated carbocycles. The number of hydrogen-bond donors (Lipinski definition) is 1. The summed E-state index contributed by atoms with van der Waals surface area (Å²) in [5.41, 5.74) is 2.01. The van der Waals surface area contributed by atoms with Crippen molar-refractivity contribution in [1.29, 1.82) is 0 Å². The van der Waals surface area contributed by atoms with Gasteiger partial charge in [-0.05, 0) is 17.0 Å². The molecule has 0 saturated heterocycles. The Morgan fingerprint density at radius 3 is 2.21 bits per heavy atom. The van der Waals surface area contributed by atoms with Crippen molar-refractivity contribution in [2.75, 3.05) is 12.8 Å². The van der Waals surface area contributed by atoms with E-state index < -0.39 is 21.7 Å². The van der Waals surface area contributed by atoms with Gasteiger partial charge in [0.05, 0.1) is 0 Å². The molecule has 0 bridgehead atoms. The number of hydrogen-bond acceptors (Lipinski definition) is 3. The summed E-state index contributed by atoms with van der Waals surface area (Å²) in [6.45, 7) is 4.34. The minimum absolute atomic E-state index is 0.175. The molecule has 1 N–H and O–H groups in total. The lowest BCUT2D eigenvalue weighted by atomic mass is 10.0. The lowest BCUT2D eigenvalue weighted by Gasteiger charge is -2.16. The second kappa shape index (κ2) is 6.16. The third kappa shape index (κ3) is 4.65. The second-order valence-electron chi connectivity index (χ2n) is 4.80. The Labute approximate surface area is 113 Å². The molecule has 6 heteroatoms. The zero-order chi connectivity index (χ0) is 14.6. The normalized spacial score (nSPS) is 12.1. The molecule has 0 aliphatic heterocycles. The molecule has 1 aromatic carbocycles. The van der Waals surface area contributed by atoms with Crippen LogP contribution < -0.4 is 0 Å². The molecule has 1 rings (SSSR count). The Balaban J connectivity index is 2.77. The van der Waals surface area contributed by atoms with Gasteiger partial charge in [0.2, 0.25) is 10.0 Å². The molecule has 5 nitrogen and oxygen atoms in total. The molecule has 0 heterocycles. The number of carboxylic acid groups (broad SMARTS) is 1. The first kappa shape index (κ1) is 15.7. The van der Waals surface area contributed by atoms with E-state index in [2.05, 4.69) is 13.8 Å². The Bertz CT molecular complexity index is 534. The second-order valence-corrected chi connectivity index (χ2v) is 6.88. The Kier molecular flexibility index (Phi) is 5.08. The first-order valence-electron chi connectivity index (χ1n) is 5.97. The van der Waals surface area contributed by atoms with Crippen molar-refractivity contribution in [3.8, 4) is 0 Å². The van der Waals surface area contributed by atoms with Gasteiger partial charge in [0.25, 0.3) is 0 Å². The average Bonchev–Trinajstić information content (AvgIpc) is 2.27. The van der Waals surface area contributed by atoms with Gasteiger partial charge in [-0.1, -0.05) is 38.1 Å². The van der Waals surface area contributed by atoms with Crippen molar-refractivity contribution < 1.29 is 18.3 Å². The highest BCUT2D eigenvalue weighted by atomic mass is 32.2. The topological polar surface area (TPSA) is 74.7 Å². The molecular weight excluding hydrogens is 266 g/mol. The average molecular weight is 285 g/mol. The number of rotatable bonds is 6. The molecule has 1 aromatic rings. The minimum Gasteiger partial charge on any atom is -0.480 e. The van der Waals surface area contributed by atoms with E-state index in [0.29, 0.717) is 5.92 Å². The smallest absolute Gasteiger partial charge is 0.320 e. The van der Waals surface area contributed by atoms with E-state index >= 15 is 0 Å². The maximum atomic E-state index is 11.7. The van der Waals surface area contributed by atoms with Crippen LogP contribution in [0.1, 0.15) is 30.9 Å². The predicted octanol–water partition coefficient (Wildman–Crippen LogP) is 1.66. The lowest BCUT2D eigenvalue weighted by molar-refractivity contribution is -0.134. The summed E-state index contributed by atoms with van der Waals surface area (Å²) in [6.07, 6.45) is 0. The lowest BCUT2D eigenvalue weighted by Crippen LogP contribution is -2.31. The summed E-state index contributed by atoms with van der Waals surface area (Å²) in [5, 5.41) is 8.56. The van der Waals surface area contributed by atoms with Gasteiger partial charge in [-0.3, -0.25) is 4.79 Å². The monoisotopic (exact) mass is 285 g/mol.